The fraction of sp³-hybridized carbons (Fsp3) is 0.517. The van der Waals surface area contributed by atoms with Gasteiger partial charge in [0.1, 0.15) is 6.10 Å². The van der Waals surface area contributed by atoms with E-state index in [0.29, 0.717) is 49.5 Å². The van der Waals surface area contributed by atoms with Crippen molar-refractivity contribution in [1.29, 1.82) is 0 Å². The van der Waals surface area contributed by atoms with E-state index in [1.54, 1.807) is 23.1 Å². The van der Waals surface area contributed by atoms with Gasteiger partial charge in [0.2, 0.25) is 12.7 Å². The van der Waals surface area contributed by atoms with Gasteiger partial charge < -0.3 is 44.1 Å². The number of β-amino-alcohol motifs (C(OH)–C–C–N with tert-alkyl or cyclic N) is 1. The molecular formula is C29H36N4O7. The van der Waals surface area contributed by atoms with E-state index in [1.807, 2.05) is 23.1 Å². The van der Waals surface area contributed by atoms with Gasteiger partial charge in [0.15, 0.2) is 11.5 Å². The first-order valence-corrected chi connectivity index (χ1v) is 14.0. The van der Waals surface area contributed by atoms with Gasteiger partial charge in [0.05, 0.1) is 44.4 Å². The van der Waals surface area contributed by atoms with Crippen LogP contribution in [-0.2, 0) is 14.3 Å². The van der Waals surface area contributed by atoms with Crippen LogP contribution in [0.2, 0.25) is 0 Å². The van der Waals surface area contributed by atoms with Gasteiger partial charge in [0, 0.05) is 43.6 Å². The van der Waals surface area contributed by atoms with Gasteiger partial charge in [-0.05, 0) is 37.1 Å². The highest BCUT2D eigenvalue weighted by atomic mass is 16.7. The topological polar surface area (TPSA) is 113 Å². The number of fused-ring (bicyclic) bond motifs is 2. The number of hydrogen-bond acceptors (Lipinski definition) is 8. The number of anilines is 2. The number of para-hydroxylation sites is 1. The standard InChI is InChI=1S/C29H36N4O7/c34-22-16-33(29(36)30-20-6-9-25-26(14-20)39-19-38-25)24-8-7-23(40-27(24)18-37-17-22)15-28(35)32-12-10-31(11-13-32)21-4-2-1-3-5-21/h1-6,9,14,22-24,27,34H,7-8,10-13,15-19H2,(H,30,36)/t22-,23-,24+,27-/m1/s1. The molecule has 0 spiro atoms. The lowest BCUT2D eigenvalue weighted by atomic mass is 9.94. The molecule has 3 amide bonds. The molecule has 2 aromatic rings. The molecule has 4 atom stereocenters. The van der Waals surface area contributed by atoms with Crippen LogP contribution in [0.4, 0.5) is 16.2 Å². The van der Waals surface area contributed by atoms with Crippen molar-refractivity contribution in [2.24, 2.45) is 0 Å². The Morgan fingerprint density at radius 1 is 0.950 bits per heavy atom. The van der Waals surface area contributed by atoms with Gasteiger partial charge in [0.25, 0.3) is 0 Å². The number of nitrogens with zero attached hydrogens (tertiary/aromatic N) is 3. The molecule has 3 fully saturated rings. The lowest BCUT2D eigenvalue weighted by Crippen LogP contribution is -2.58. The van der Waals surface area contributed by atoms with Crippen LogP contribution in [0.5, 0.6) is 11.5 Å². The Morgan fingerprint density at radius 2 is 1.75 bits per heavy atom. The van der Waals surface area contributed by atoms with E-state index in [4.69, 9.17) is 18.9 Å². The molecule has 0 radical (unpaired) electrons. The van der Waals surface area contributed by atoms with Crippen LogP contribution in [0.3, 0.4) is 0 Å². The van der Waals surface area contributed by atoms with Crippen molar-refractivity contribution >= 4 is 23.3 Å². The lowest BCUT2D eigenvalue weighted by molar-refractivity contribution is -0.154. The summed E-state index contributed by atoms with van der Waals surface area (Å²) in [5.41, 5.74) is 1.75. The highest BCUT2D eigenvalue weighted by Gasteiger charge is 2.40. The zero-order valence-corrected chi connectivity index (χ0v) is 22.4. The number of carbonyl (C=O) groups excluding carboxylic acids is 2. The quantitative estimate of drug-likeness (QED) is 0.594. The molecule has 6 rings (SSSR count). The van der Waals surface area contributed by atoms with Crippen LogP contribution < -0.4 is 19.7 Å². The molecule has 0 bridgehead atoms. The molecule has 4 aliphatic heterocycles. The summed E-state index contributed by atoms with van der Waals surface area (Å²) in [4.78, 5) is 32.4. The monoisotopic (exact) mass is 552 g/mol. The van der Waals surface area contributed by atoms with Crippen LogP contribution in [0, 0.1) is 0 Å². The van der Waals surface area contributed by atoms with Crippen molar-refractivity contribution < 1.29 is 33.6 Å². The minimum Gasteiger partial charge on any atom is -0.454 e. The molecule has 11 heteroatoms. The second kappa shape index (κ2) is 11.9. The number of ether oxygens (including phenoxy) is 4. The van der Waals surface area contributed by atoms with Gasteiger partial charge in [-0.3, -0.25) is 4.79 Å². The summed E-state index contributed by atoms with van der Waals surface area (Å²) in [6.07, 6.45) is 0.151. The third-order valence-electron chi connectivity index (χ3n) is 8.02. The van der Waals surface area contributed by atoms with Gasteiger partial charge >= 0.3 is 6.03 Å². The fourth-order valence-corrected chi connectivity index (χ4v) is 5.92. The van der Waals surface area contributed by atoms with Crippen LogP contribution in [0.15, 0.2) is 48.5 Å². The zero-order valence-electron chi connectivity index (χ0n) is 22.4. The average Bonchev–Trinajstić information content (AvgIpc) is 3.44. The van der Waals surface area contributed by atoms with E-state index in [2.05, 4.69) is 22.3 Å². The molecule has 214 valence electrons. The first kappa shape index (κ1) is 26.7. The van der Waals surface area contributed by atoms with E-state index >= 15 is 0 Å². The van der Waals surface area contributed by atoms with Gasteiger partial charge in [-0.2, -0.15) is 0 Å². The largest absolute Gasteiger partial charge is 0.454 e. The molecule has 11 nitrogen and oxygen atoms in total. The zero-order chi connectivity index (χ0) is 27.5. The second-order valence-corrected chi connectivity index (χ2v) is 10.7. The van der Waals surface area contributed by atoms with Crippen LogP contribution in [0.1, 0.15) is 19.3 Å². The Kier molecular flexibility index (Phi) is 7.94. The summed E-state index contributed by atoms with van der Waals surface area (Å²) < 4.78 is 22.9. The average molecular weight is 553 g/mol. The smallest absolute Gasteiger partial charge is 0.322 e. The van der Waals surface area contributed by atoms with E-state index in [1.165, 1.54) is 5.69 Å². The normalized spacial score (nSPS) is 26.5. The Bertz CT molecular complexity index is 1190. The summed E-state index contributed by atoms with van der Waals surface area (Å²) in [5.74, 6) is 1.30. The third-order valence-corrected chi connectivity index (χ3v) is 8.02. The molecule has 4 heterocycles. The number of hydrogen-bond donors (Lipinski definition) is 2. The predicted octanol–water partition coefficient (Wildman–Crippen LogP) is 2.30. The molecule has 0 aliphatic carbocycles. The third kappa shape index (κ3) is 5.96. The van der Waals surface area contributed by atoms with Crippen LogP contribution in [0.25, 0.3) is 0 Å². The van der Waals surface area contributed by atoms with E-state index in [-0.39, 0.29) is 50.6 Å². The minimum atomic E-state index is -0.808. The number of piperazine rings is 1. The number of aliphatic hydroxyl groups excluding tert-OH is 1. The van der Waals surface area contributed by atoms with Gasteiger partial charge in [-0.15, -0.1) is 0 Å². The summed E-state index contributed by atoms with van der Waals surface area (Å²) >= 11 is 0. The maximum Gasteiger partial charge on any atom is 0.322 e. The van der Waals surface area contributed by atoms with Crippen molar-refractivity contribution in [2.75, 3.05) is 62.9 Å². The predicted molar refractivity (Wildman–Crippen MR) is 147 cm³/mol. The maximum atomic E-state index is 13.4. The summed E-state index contributed by atoms with van der Waals surface area (Å²) in [6.45, 7) is 3.59. The number of carbonyl (C=O) groups is 2. The molecular weight excluding hydrogens is 516 g/mol. The Labute approximate surface area is 233 Å². The highest BCUT2D eigenvalue weighted by molar-refractivity contribution is 5.90. The lowest BCUT2D eigenvalue weighted by Gasteiger charge is -2.44. The SMILES string of the molecule is O=C(C[C@H]1CC[C@H]2[C@@H](COC[C@H](O)CN2C(=O)Nc2ccc3c(c2)OCO3)O1)N1CCN(c2ccccc2)CC1. The number of rotatable bonds is 4. The molecule has 2 N–H and O–H groups in total. The van der Waals surface area contributed by atoms with E-state index in [0.717, 1.165) is 13.1 Å². The molecule has 4 aliphatic rings. The molecule has 0 aromatic heterocycles. The van der Waals surface area contributed by atoms with Crippen LogP contribution in [-0.4, -0.2) is 104 Å². The summed E-state index contributed by atoms with van der Waals surface area (Å²) in [6, 6.07) is 14.9. The number of amides is 3. The first-order valence-electron chi connectivity index (χ1n) is 14.0. The molecule has 0 saturated carbocycles. The number of aliphatic hydroxyl groups is 1. The van der Waals surface area contributed by atoms with E-state index in [9.17, 15) is 14.7 Å². The van der Waals surface area contributed by atoms with Crippen molar-refractivity contribution in [3.63, 3.8) is 0 Å². The van der Waals surface area contributed by atoms with Crippen molar-refractivity contribution in [2.45, 2.75) is 43.6 Å². The Morgan fingerprint density at radius 3 is 2.58 bits per heavy atom. The number of urea groups is 1. The van der Waals surface area contributed by atoms with Gasteiger partial charge in [-0.1, -0.05) is 18.2 Å². The Balaban J connectivity index is 1.05. The Hall–Kier alpha value is -3.54. The van der Waals surface area contributed by atoms with Crippen molar-refractivity contribution in [1.82, 2.24) is 9.80 Å². The maximum absolute atomic E-state index is 13.4. The first-order chi connectivity index (χ1) is 19.5. The summed E-state index contributed by atoms with van der Waals surface area (Å²) in [5, 5.41) is 13.4. The molecule has 0 unspecified atom stereocenters. The fourth-order valence-electron chi connectivity index (χ4n) is 5.92. The van der Waals surface area contributed by atoms with E-state index < -0.39 is 12.2 Å². The van der Waals surface area contributed by atoms with Crippen LogP contribution >= 0.6 is 0 Å². The highest BCUT2D eigenvalue weighted by Crippen LogP contribution is 2.35. The second-order valence-electron chi connectivity index (χ2n) is 10.7. The van der Waals surface area contributed by atoms with Gasteiger partial charge in [-0.25, -0.2) is 4.79 Å². The van der Waals surface area contributed by atoms with Crippen molar-refractivity contribution in [3.05, 3.63) is 48.5 Å². The summed E-state index contributed by atoms with van der Waals surface area (Å²) in [7, 11) is 0. The molecule has 40 heavy (non-hydrogen) atoms. The molecule has 3 saturated heterocycles. The number of benzene rings is 2. The molecule has 2 aromatic carbocycles. The van der Waals surface area contributed by atoms with Crippen molar-refractivity contribution in [3.8, 4) is 11.5 Å². The minimum absolute atomic E-state index is 0.0933. The number of nitrogens with one attached hydrogen (secondary N) is 1.